The third-order valence-corrected chi connectivity index (χ3v) is 5.23. The van der Waals surface area contributed by atoms with Gasteiger partial charge in [-0.25, -0.2) is 0 Å². The fraction of sp³-hybridized carbons (Fsp3) is 0.944. The lowest BCUT2D eigenvalue weighted by atomic mass is 9.86. The molecule has 2 rings (SSSR count). The molecular weight excluding hydrogens is 260 g/mol. The molecular formula is C18H34N2O. The van der Waals surface area contributed by atoms with E-state index in [1.807, 2.05) is 0 Å². The molecule has 0 atom stereocenters. The summed E-state index contributed by atoms with van der Waals surface area (Å²) in [4.78, 5) is 14.6. The first kappa shape index (κ1) is 16.8. The van der Waals surface area contributed by atoms with Crippen molar-refractivity contribution in [1.82, 2.24) is 10.2 Å². The molecule has 3 heteroatoms. The molecule has 1 heterocycles. The third-order valence-electron chi connectivity index (χ3n) is 5.23. The summed E-state index contributed by atoms with van der Waals surface area (Å²) in [5.74, 6) is 1.20. The standard InChI is InChI=1S/C18H34N2O/c1-2-13-20-14-11-17(12-15-20)19-18(21)10-6-9-16-7-4-3-5-8-16/h16-17H,2-15H2,1H3,(H,19,21). The molecule has 122 valence electrons. The maximum Gasteiger partial charge on any atom is 0.220 e. The van der Waals surface area contributed by atoms with Crippen molar-refractivity contribution in [1.29, 1.82) is 0 Å². The number of amides is 1. The Kier molecular flexibility index (Phi) is 7.56. The number of piperidine rings is 1. The Morgan fingerprint density at radius 2 is 1.81 bits per heavy atom. The van der Waals surface area contributed by atoms with Crippen molar-refractivity contribution in [2.24, 2.45) is 5.92 Å². The predicted octanol–water partition coefficient (Wildman–Crippen LogP) is 3.73. The molecule has 1 saturated heterocycles. The maximum absolute atomic E-state index is 12.0. The van der Waals surface area contributed by atoms with E-state index in [-0.39, 0.29) is 0 Å². The number of carbonyl (C=O) groups excluding carboxylic acids is 1. The Labute approximate surface area is 130 Å². The predicted molar refractivity (Wildman–Crippen MR) is 88.3 cm³/mol. The molecule has 0 aromatic heterocycles. The summed E-state index contributed by atoms with van der Waals surface area (Å²) in [5, 5.41) is 3.25. The van der Waals surface area contributed by atoms with Gasteiger partial charge in [0.25, 0.3) is 0 Å². The van der Waals surface area contributed by atoms with Crippen LogP contribution in [0.15, 0.2) is 0 Å². The second kappa shape index (κ2) is 9.45. The summed E-state index contributed by atoms with van der Waals surface area (Å²) < 4.78 is 0. The summed E-state index contributed by atoms with van der Waals surface area (Å²) >= 11 is 0. The van der Waals surface area contributed by atoms with E-state index in [0.717, 1.165) is 44.7 Å². The Balaban J connectivity index is 1.53. The van der Waals surface area contributed by atoms with Crippen LogP contribution < -0.4 is 5.32 Å². The van der Waals surface area contributed by atoms with Gasteiger partial charge in [0.15, 0.2) is 0 Å². The van der Waals surface area contributed by atoms with Gasteiger partial charge in [0.1, 0.15) is 0 Å². The van der Waals surface area contributed by atoms with Crippen LogP contribution in [0.1, 0.15) is 77.6 Å². The summed E-state index contributed by atoms with van der Waals surface area (Å²) in [6, 6.07) is 0.431. The zero-order valence-electron chi connectivity index (χ0n) is 13.9. The van der Waals surface area contributed by atoms with Gasteiger partial charge >= 0.3 is 0 Å². The van der Waals surface area contributed by atoms with E-state index in [9.17, 15) is 4.79 Å². The third kappa shape index (κ3) is 6.37. The highest BCUT2D eigenvalue weighted by molar-refractivity contribution is 5.76. The number of nitrogens with one attached hydrogen (secondary N) is 1. The molecule has 21 heavy (non-hydrogen) atoms. The van der Waals surface area contributed by atoms with Crippen LogP contribution in [0.25, 0.3) is 0 Å². The monoisotopic (exact) mass is 294 g/mol. The maximum atomic E-state index is 12.0. The molecule has 3 nitrogen and oxygen atoms in total. The van der Waals surface area contributed by atoms with Gasteiger partial charge in [-0.15, -0.1) is 0 Å². The van der Waals surface area contributed by atoms with Gasteiger partial charge in [-0.05, 0) is 44.6 Å². The fourth-order valence-electron chi connectivity index (χ4n) is 3.94. The normalized spacial score (nSPS) is 22.3. The number of nitrogens with zero attached hydrogens (tertiary/aromatic N) is 1. The zero-order chi connectivity index (χ0) is 14.9. The minimum Gasteiger partial charge on any atom is -0.353 e. The number of hydrogen-bond acceptors (Lipinski definition) is 2. The van der Waals surface area contributed by atoms with Crippen LogP contribution in [0.4, 0.5) is 0 Å². The molecule has 1 amide bonds. The molecule has 2 aliphatic rings. The highest BCUT2D eigenvalue weighted by atomic mass is 16.1. The summed E-state index contributed by atoms with van der Waals surface area (Å²) in [6.07, 6.45) is 13.6. The van der Waals surface area contributed by atoms with Gasteiger partial charge in [0, 0.05) is 25.6 Å². The second-order valence-corrected chi connectivity index (χ2v) is 7.08. The van der Waals surface area contributed by atoms with Crippen LogP contribution >= 0.6 is 0 Å². The van der Waals surface area contributed by atoms with E-state index in [1.54, 1.807) is 0 Å². The van der Waals surface area contributed by atoms with Crippen LogP contribution in [0, 0.1) is 5.92 Å². The van der Waals surface area contributed by atoms with Crippen LogP contribution in [0.5, 0.6) is 0 Å². The van der Waals surface area contributed by atoms with Gasteiger partial charge in [0.05, 0.1) is 0 Å². The second-order valence-electron chi connectivity index (χ2n) is 7.08. The summed E-state index contributed by atoms with van der Waals surface area (Å²) in [7, 11) is 0. The van der Waals surface area contributed by atoms with Crippen LogP contribution in [0.3, 0.4) is 0 Å². The van der Waals surface area contributed by atoms with Crippen LogP contribution in [-0.2, 0) is 4.79 Å². The lowest BCUT2D eigenvalue weighted by Crippen LogP contribution is -2.44. The van der Waals surface area contributed by atoms with E-state index in [1.165, 1.54) is 51.5 Å². The Morgan fingerprint density at radius 1 is 1.10 bits per heavy atom. The number of carbonyl (C=O) groups is 1. The molecule has 0 spiro atoms. The van der Waals surface area contributed by atoms with Crippen molar-refractivity contribution in [2.45, 2.75) is 83.6 Å². The van der Waals surface area contributed by atoms with Gasteiger partial charge in [-0.1, -0.05) is 39.0 Å². The number of likely N-dealkylation sites (tertiary alicyclic amines) is 1. The van der Waals surface area contributed by atoms with Gasteiger partial charge in [-0.3, -0.25) is 4.79 Å². The van der Waals surface area contributed by atoms with E-state index < -0.39 is 0 Å². The van der Waals surface area contributed by atoms with Crippen molar-refractivity contribution >= 4 is 5.91 Å². The molecule has 1 N–H and O–H groups in total. The smallest absolute Gasteiger partial charge is 0.220 e. The quantitative estimate of drug-likeness (QED) is 0.776. The van der Waals surface area contributed by atoms with Crippen molar-refractivity contribution in [3.63, 3.8) is 0 Å². The summed E-state index contributed by atoms with van der Waals surface area (Å²) in [6.45, 7) is 5.75. The molecule has 0 unspecified atom stereocenters. The fourth-order valence-corrected chi connectivity index (χ4v) is 3.94. The first-order valence-electron chi connectivity index (χ1n) is 9.29. The van der Waals surface area contributed by atoms with E-state index in [2.05, 4.69) is 17.1 Å². The van der Waals surface area contributed by atoms with E-state index in [0.29, 0.717) is 11.9 Å². The van der Waals surface area contributed by atoms with Crippen molar-refractivity contribution in [2.75, 3.05) is 19.6 Å². The topological polar surface area (TPSA) is 32.3 Å². The molecule has 1 aliphatic carbocycles. The van der Waals surface area contributed by atoms with E-state index in [4.69, 9.17) is 0 Å². The van der Waals surface area contributed by atoms with Gasteiger partial charge < -0.3 is 10.2 Å². The minimum absolute atomic E-state index is 0.291. The average molecular weight is 294 g/mol. The molecule has 0 radical (unpaired) electrons. The average Bonchev–Trinajstić information content (AvgIpc) is 2.51. The highest BCUT2D eigenvalue weighted by Gasteiger charge is 2.20. The minimum atomic E-state index is 0.291. The van der Waals surface area contributed by atoms with Crippen molar-refractivity contribution in [3.8, 4) is 0 Å². The Bertz CT molecular complexity index is 292. The Morgan fingerprint density at radius 3 is 2.48 bits per heavy atom. The van der Waals surface area contributed by atoms with E-state index >= 15 is 0 Å². The molecule has 0 bridgehead atoms. The lowest BCUT2D eigenvalue weighted by Gasteiger charge is -2.32. The Hall–Kier alpha value is -0.570. The number of hydrogen-bond donors (Lipinski definition) is 1. The first-order chi connectivity index (χ1) is 10.3. The largest absolute Gasteiger partial charge is 0.353 e. The van der Waals surface area contributed by atoms with Gasteiger partial charge in [0.2, 0.25) is 5.91 Å². The molecule has 0 aromatic rings. The van der Waals surface area contributed by atoms with Gasteiger partial charge in [-0.2, -0.15) is 0 Å². The molecule has 1 saturated carbocycles. The number of rotatable bonds is 7. The van der Waals surface area contributed by atoms with Crippen LogP contribution in [0.2, 0.25) is 0 Å². The first-order valence-corrected chi connectivity index (χ1v) is 9.29. The van der Waals surface area contributed by atoms with Crippen molar-refractivity contribution in [3.05, 3.63) is 0 Å². The van der Waals surface area contributed by atoms with Crippen molar-refractivity contribution < 1.29 is 4.79 Å². The van der Waals surface area contributed by atoms with Crippen LogP contribution in [-0.4, -0.2) is 36.5 Å². The highest BCUT2D eigenvalue weighted by Crippen LogP contribution is 2.27. The lowest BCUT2D eigenvalue weighted by molar-refractivity contribution is -0.122. The SMILES string of the molecule is CCCN1CCC(NC(=O)CCCC2CCCCC2)CC1. The summed E-state index contributed by atoms with van der Waals surface area (Å²) in [5.41, 5.74) is 0. The molecule has 2 fully saturated rings. The zero-order valence-corrected chi connectivity index (χ0v) is 13.9. The molecule has 1 aliphatic heterocycles. The molecule has 0 aromatic carbocycles.